The van der Waals surface area contributed by atoms with E-state index in [1.807, 2.05) is 24.7 Å². The van der Waals surface area contributed by atoms with Gasteiger partial charge in [-0.1, -0.05) is 6.92 Å². The van der Waals surface area contributed by atoms with Crippen molar-refractivity contribution < 1.29 is 5.11 Å². The van der Waals surface area contributed by atoms with Gasteiger partial charge in [-0.15, -0.1) is 11.3 Å². The van der Waals surface area contributed by atoms with E-state index in [2.05, 4.69) is 16.8 Å². The maximum atomic E-state index is 9.69. The first-order chi connectivity index (χ1) is 6.51. The van der Waals surface area contributed by atoms with Crippen molar-refractivity contribution in [3.63, 3.8) is 0 Å². The minimum absolute atomic E-state index is 0.633. The van der Waals surface area contributed by atoms with Crippen LogP contribution in [0, 0.1) is 0 Å². The van der Waals surface area contributed by atoms with E-state index in [9.17, 15) is 5.11 Å². The van der Waals surface area contributed by atoms with Gasteiger partial charge in [0.1, 0.15) is 0 Å². The third-order valence-corrected chi connectivity index (χ3v) is 2.56. The van der Waals surface area contributed by atoms with E-state index in [0.717, 1.165) is 18.8 Å². The molecule has 0 atom stereocenters. The van der Waals surface area contributed by atoms with Crippen LogP contribution in [0.4, 0.5) is 0 Å². The van der Waals surface area contributed by atoms with E-state index in [4.69, 9.17) is 0 Å². The largest absolute Gasteiger partial charge is 0.389 e. The fourth-order valence-electron chi connectivity index (χ4n) is 1.37. The second kappa shape index (κ2) is 4.87. The number of likely N-dealkylation sites (N-methyl/N-ethyl adjacent to an activating group) is 1. The Kier molecular flexibility index (Phi) is 4.04. The third kappa shape index (κ3) is 4.17. The van der Waals surface area contributed by atoms with Gasteiger partial charge in [0.2, 0.25) is 0 Å². The summed E-state index contributed by atoms with van der Waals surface area (Å²) < 4.78 is 0. The molecule has 0 saturated carbocycles. The van der Waals surface area contributed by atoms with Crippen molar-refractivity contribution in [2.45, 2.75) is 32.9 Å². The first-order valence-corrected chi connectivity index (χ1v) is 5.77. The summed E-state index contributed by atoms with van der Waals surface area (Å²) in [4.78, 5) is 6.42. The van der Waals surface area contributed by atoms with Gasteiger partial charge in [-0.25, -0.2) is 4.98 Å². The molecule has 0 spiro atoms. The van der Waals surface area contributed by atoms with Gasteiger partial charge in [0.15, 0.2) is 0 Å². The predicted molar refractivity (Wildman–Crippen MR) is 59.4 cm³/mol. The van der Waals surface area contributed by atoms with E-state index in [1.165, 1.54) is 0 Å². The normalized spacial score (nSPS) is 12.4. The van der Waals surface area contributed by atoms with Crippen LogP contribution < -0.4 is 0 Å². The number of aromatic nitrogens is 1. The number of hydrogen-bond acceptors (Lipinski definition) is 4. The third-order valence-electron chi connectivity index (χ3n) is 1.93. The van der Waals surface area contributed by atoms with Crippen molar-refractivity contribution in [1.29, 1.82) is 0 Å². The summed E-state index contributed by atoms with van der Waals surface area (Å²) in [6.07, 6.45) is 0. The molecule has 0 aliphatic heterocycles. The molecule has 0 aromatic carbocycles. The summed E-state index contributed by atoms with van der Waals surface area (Å²) in [5, 5.41) is 11.7. The average Bonchev–Trinajstić information content (AvgIpc) is 2.53. The average molecular weight is 214 g/mol. The lowest BCUT2D eigenvalue weighted by Gasteiger charge is -2.27. The van der Waals surface area contributed by atoms with Gasteiger partial charge in [-0.2, -0.15) is 0 Å². The van der Waals surface area contributed by atoms with Gasteiger partial charge in [-0.3, -0.25) is 4.90 Å². The van der Waals surface area contributed by atoms with Crippen LogP contribution >= 0.6 is 11.3 Å². The lowest BCUT2D eigenvalue weighted by molar-refractivity contribution is 0.0350. The molecular weight excluding hydrogens is 196 g/mol. The van der Waals surface area contributed by atoms with Crippen LogP contribution in [-0.4, -0.2) is 33.7 Å². The summed E-state index contributed by atoms with van der Waals surface area (Å²) in [6, 6.07) is 0. The molecule has 1 N–H and O–H groups in total. The fourth-order valence-corrected chi connectivity index (χ4v) is 1.92. The molecule has 14 heavy (non-hydrogen) atoms. The van der Waals surface area contributed by atoms with Crippen molar-refractivity contribution in [1.82, 2.24) is 9.88 Å². The number of rotatable bonds is 5. The molecule has 80 valence electrons. The molecule has 0 radical (unpaired) electrons. The molecule has 0 amide bonds. The van der Waals surface area contributed by atoms with Crippen molar-refractivity contribution in [2.24, 2.45) is 0 Å². The van der Waals surface area contributed by atoms with E-state index < -0.39 is 5.60 Å². The molecule has 0 aliphatic carbocycles. The molecule has 4 heteroatoms. The van der Waals surface area contributed by atoms with Crippen LogP contribution in [0.3, 0.4) is 0 Å². The van der Waals surface area contributed by atoms with Gasteiger partial charge in [0.05, 0.1) is 16.8 Å². The molecule has 1 heterocycles. The zero-order valence-corrected chi connectivity index (χ0v) is 9.84. The molecule has 0 aliphatic rings. The predicted octanol–water partition coefficient (Wildman–Crippen LogP) is 1.74. The number of aliphatic hydroxyl groups is 1. The monoisotopic (exact) mass is 214 g/mol. The summed E-state index contributed by atoms with van der Waals surface area (Å²) in [5.41, 5.74) is 2.29. The lowest BCUT2D eigenvalue weighted by atomic mass is 10.1. The Hall–Kier alpha value is -0.450. The first kappa shape index (κ1) is 11.6. The quantitative estimate of drug-likeness (QED) is 0.811. The van der Waals surface area contributed by atoms with Crippen LogP contribution in [0.1, 0.15) is 26.5 Å². The second-order valence-electron chi connectivity index (χ2n) is 4.10. The smallest absolute Gasteiger partial charge is 0.0795 e. The number of nitrogens with zero attached hydrogens (tertiary/aromatic N) is 2. The highest BCUT2D eigenvalue weighted by Gasteiger charge is 2.17. The molecule has 1 rings (SSSR count). The maximum Gasteiger partial charge on any atom is 0.0795 e. The van der Waals surface area contributed by atoms with E-state index >= 15 is 0 Å². The summed E-state index contributed by atoms with van der Waals surface area (Å²) in [5.74, 6) is 0. The van der Waals surface area contributed by atoms with Gasteiger partial charge < -0.3 is 5.11 Å². The Morgan fingerprint density at radius 1 is 1.57 bits per heavy atom. The second-order valence-corrected chi connectivity index (χ2v) is 4.81. The van der Waals surface area contributed by atoms with Gasteiger partial charge in [-0.05, 0) is 20.4 Å². The van der Waals surface area contributed by atoms with Crippen molar-refractivity contribution >= 4 is 11.3 Å². The van der Waals surface area contributed by atoms with E-state index in [1.54, 1.807) is 11.3 Å². The Balaban J connectivity index is 2.47. The Morgan fingerprint density at radius 2 is 2.29 bits per heavy atom. The van der Waals surface area contributed by atoms with Crippen molar-refractivity contribution in [2.75, 3.05) is 13.1 Å². The first-order valence-electron chi connectivity index (χ1n) is 4.83. The zero-order valence-electron chi connectivity index (χ0n) is 9.03. The zero-order chi connectivity index (χ0) is 10.6. The number of thiazole rings is 1. The topological polar surface area (TPSA) is 36.4 Å². The molecular formula is C10H18N2OS. The Morgan fingerprint density at radius 3 is 2.71 bits per heavy atom. The van der Waals surface area contributed by atoms with E-state index in [0.29, 0.717) is 6.54 Å². The van der Waals surface area contributed by atoms with Gasteiger partial charge in [0.25, 0.3) is 0 Å². The fraction of sp³-hybridized carbons (Fsp3) is 0.700. The van der Waals surface area contributed by atoms with Crippen LogP contribution in [0.2, 0.25) is 0 Å². The Labute approximate surface area is 89.4 Å². The summed E-state index contributed by atoms with van der Waals surface area (Å²) in [7, 11) is 0. The summed E-state index contributed by atoms with van der Waals surface area (Å²) in [6.45, 7) is 8.19. The van der Waals surface area contributed by atoms with Gasteiger partial charge >= 0.3 is 0 Å². The molecule has 3 nitrogen and oxygen atoms in total. The van der Waals surface area contributed by atoms with Crippen molar-refractivity contribution in [3.05, 3.63) is 16.6 Å². The van der Waals surface area contributed by atoms with Crippen LogP contribution in [-0.2, 0) is 6.54 Å². The highest BCUT2D eigenvalue weighted by Crippen LogP contribution is 2.09. The highest BCUT2D eigenvalue weighted by molar-refractivity contribution is 7.07. The number of hydrogen-bond donors (Lipinski definition) is 1. The molecule has 0 bridgehead atoms. The molecule has 0 unspecified atom stereocenters. The van der Waals surface area contributed by atoms with Crippen LogP contribution in [0.15, 0.2) is 10.9 Å². The highest BCUT2D eigenvalue weighted by atomic mass is 32.1. The van der Waals surface area contributed by atoms with Gasteiger partial charge in [0, 0.05) is 18.5 Å². The van der Waals surface area contributed by atoms with Crippen LogP contribution in [0.25, 0.3) is 0 Å². The molecule has 0 fully saturated rings. The molecule has 0 saturated heterocycles. The lowest BCUT2D eigenvalue weighted by Crippen LogP contribution is -2.38. The SMILES string of the molecule is CCN(Cc1cscn1)CC(C)(C)O. The minimum Gasteiger partial charge on any atom is -0.389 e. The van der Waals surface area contributed by atoms with Crippen LogP contribution in [0.5, 0.6) is 0 Å². The Bertz CT molecular complexity index is 254. The molecule has 1 aromatic rings. The van der Waals surface area contributed by atoms with Crippen molar-refractivity contribution in [3.8, 4) is 0 Å². The minimum atomic E-state index is -0.633. The standard InChI is InChI=1S/C10H18N2OS/c1-4-12(7-10(2,3)13)5-9-6-14-8-11-9/h6,8,13H,4-5,7H2,1-3H3. The van der Waals surface area contributed by atoms with E-state index in [-0.39, 0.29) is 0 Å². The summed E-state index contributed by atoms with van der Waals surface area (Å²) >= 11 is 1.61. The molecule has 1 aromatic heterocycles. The maximum absolute atomic E-state index is 9.69.